The molecule has 1 N–H and O–H groups in total. The first-order chi connectivity index (χ1) is 24.6. The van der Waals surface area contributed by atoms with E-state index in [-0.39, 0.29) is 5.75 Å². The average molecular weight is 741 g/mol. The monoisotopic (exact) mass is 740 g/mol. The molecule has 0 saturated carbocycles. The Morgan fingerprint density at radius 1 is 0.824 bits per heavy atom. The van der Waals surface area contributed by atoms with Crippen LogP contribution in [0.3, 0.4) is 0 Å². The molecule has 0 amide bonds. The van der Waals surface area contributed by atoms with Gasteiger partial charge in [-0.3, -0.25) is 4.55 Å². The number of aryl methyl sites for hydroxylation is 1. The van der Waals surface area contributed by atoms with Crippen molar-refractivity contribution in [1.82, 2.24) is 4.90 Å². The quantitative estimate of drug-likeness (QED) is 0.0596. The topological polar surface area (TPSA) is 170 Å². The Morgan fingerprint density at radius 2 is 1.45 bits per heavy atom. The second-order valence-corrected chi connectivity index (χ2v) is 14.1. The summed E-state index contributed by atoms with van der Waals surface area (Å²) in [5.74, 6) is -0.234. The van der Waals surface area contributed by atoms with E-state index in [2.05, 4.69) is 50.4 Å². The van der Waals surface area contributed by atoms with Gasteiger partial charge in [-0.25, -0.2) is 0 Å². The normalized spacial score (nSPS) is 11.7. The van der Waals surface area contributed by atoms with E-state index in [0.29, 0.717) is 112 Å². The summed E-state index contributed by atoms with van der Waals surface area (Å²) in [4.78, 5) is 4.79. The Labute approximate surface area is 305 Å². The van der Waals surface area contributed by atoms with Gasteiger partial charge in [-0.15, -0.1) is 21.6 Å². The fourth-order valence-electron chi connectivity index (χ4n) is 4.99. The van der Waals surface area contributed by atoms with E-state index in [1.165, 1.54) is 16.9 Å². The van der Waals surface area contributed by atoms with Crippen molar-refractivity contribution in [2.24, 2.45) is 10.2 Å². The highest BCUT2D eigenvalue weighted by Crippen LogP contribution is 2.36. The Morgan fingerprint density at radius 3 is 2.02 bits per heavy atom. The third kappa shape index (κ3) is 15.6. The zero-order valence-electron chi connectivity index (χ0n) is 29.6. The number of benzene rings is 2. The number of likely N-dealkylation sites (N-methyl/N-ethyl adjacent to an activating group) is 1. The number of thiophene rings is 1. The summed E-state index contributed by atoms with van der Waals surface area (Å²) in [5.41, 5.74) is 4.82. The number of hydrogen-bond donors (Lipinski definition) is 1. The van der Waals surface area contributed by atoms with E-state index in [1.807, 2.05) is 44.2 Å². The van der Waals surface area contributed by atoms with Crippen LogP contribution in [0.25, 0.3) is 0 Å². The SMILES string of the molecule is CCN(CCCS(=O)(=O)O)CCOCCOCCOCCOCCN(Cc1ccccc1)c1ccc(N=Nc2sc(C#N)c(C)c2C#N)c(C)c1. The maximum atomic E-state index is 10.9. The Bertz CT molecular complexity index is 1700. The molecule has 0 unspecified atom stereocenters. The van der Waals surface area contributed by atoms with Gasteiger partial charge in [0.25, 0.3) is 10.1 Å². The first kappa shape index (κ1) is 41.6. The number of ether oxygens (including phenoxy) is 4. The summed E-state index contributed by atoms with van der Waals surface area (Å²) in [6, 6.07) is 20.5. The van der Waals surface area contributed by atoms with Gasteiger partial charge in [-0.2, -0.15) is 18.9 Å². The Kier molecular flexibility index (Phi) is 18.7. The van der Waals surface area contributed by atoms with Crippen molar-refractivity contribution in [2.75, 3.05) is 89.7 Å². The van der Waals surface area contributed by atoms with Gasteiger partial charge in [0.2, 0.25) is 0 Å². The highest BCUT2D eigenvalue weighted by atomic mass is 32.2. The molecule has 0 saturated heterocycles. The van der Waals surface area contributed by atoms with Gasteiger partial charge in [0, 0.05) is 25.3 Å². The maximum Gasteiger partial charge on any atom is 0.264 e. The number of rotatable bonds is 25. The Hall–Kier alpha value is -3.77. The third-order valence-electron chi connectivity index (χ3n) is 7.85. The molecule has 0 spiro atoms. The Balaban J connectivity index is 1.36. The highest BCUT2D eigenvalue weighted by Gasteiger charge is 2.15. The second-order valence-electron chi connectivity index (χ2n) is 11.6. The van der Waals surface area contributed by atoms with Crippen LogP contribution in [-0.4, -0.2) is 103 Å². The predicted molar refractivity (Wildman–Crippen MR) is 198 cm³/mol. The van der Waals surface area contributed by atoms with Crippen LogP contribution < -0.4 is 4.90 Å². The molecule has 51 heavy (non-hydrogen) atoms. The fraction of sp³-hybridized carbons (Fsp3) is 0.500. The average Bonchev–Trinajstić information content (AvgIpc) is 3.43. The molecular formula is C36H48N6O7S2. The summed E-state index contributed by atoms with van der Waals surface area (Å²) in [6.07, 6.45) is 0.383. The smallest absolute Gasteiger partial charge is 0.264 e. The summed E-state index contributed by atoms with van der Waals surface area (Å²) in [6.45, 7) is 12.9. The molecule has 0 aliphatic rings. The summed E-state index contributed by atoms with van der Waals surface area (Å²) in [5, 5.41) is 28.0. The van der Waals surface area contributed by atoms with E-state index >= 15 is 0 Å². The van der Waals surface area contributed by atoms with Crippen molar-refractivity contribution in [3.63, 3.8) is 0 Å². The van der Waals surface area contributed by atoms with Crippen LogP contribution in [0.1, 0.15) is 40.5 Å². The minimum Gasteiger partial charge on any atom is -0.378 e. The van der Waals surface area contributed by atoms with Crippen LogP contribution in [0.2, 0.25) is 0 Å². The van der Waals surface area contributed by atoms with Crippen LogP contribution in [0.5, 0.6) is 0 Å². The molecule has 15 heteroatoms. The lowest BCUT2D eigenvalue weighted by atomic mass is 10.1. The third-order valence-corrected chi connectivity index (χ3v) is 9.73. The van der Waals surface area contributed by atoms with E-state index in [1.54, 1.807) is 6.92 Å². The lowest BCUT2D eigenvalue weighted by Gasteiger charge is -2.25. The van der Waals surface area contributed by atoms with Crippen molar-refractivity contribution < 1.29 is 31.9 Å². The first-order valence-electron chi connectivity index (χ1n) is 16.9. The fourth-order valence-corrected chi connectivity index (χ4v) is 6.36. The summed E-state index contributed by atoms with van der Waals surface area (Å²) >= 11 is 1.17. The number of azo groups is 1. The molecule has 0 atom stereocenters. The maximum absolute atomic E-state index is 10.9. The first-order valence-corrected chi connectivity index (χ1v) is 19.3. The van der Waals surface area contributed by atoms with Crippen LogP contribution in [0.4, 0.5) is 16.4 Å². The van der Waals surface area contributed by atoms with E-state index in [9.17, 15) is 18.9 Å². The second kappa shape index (κ2) is 22.9. The van der Waals surface area contributed by atoms with Crippen LogP contribution in [0, 0.1) is 36.5 Å². The molecule has 1 heterocycles. The molecule has 2 aromatic carbocycles. The summed E-state index contributed by atoms with van der Waals surface area (Å²) in [7, 11) is -3.92. The summed E-state index contributed by atoms with van der Waals surface area (Å²) < 4.78 is 53.3. The predicted octanol–water partition coefficient (Wildman–Crippen LogP) is 6.20. The molecule has 0 radical (unpaired) electrons. The van der Waals surface area contributed by atoms with Crippen LogP contribution >= 0.6 is 11.3 Å². The molecular weight excluding hydrogens is 693 g/mol. The van der Waals surface area contributed by atoms with Gasteiger partial charge in [0.05, 0.1) is 69.9 Å². The molecule has 13 nitrogen and oxygen atoms in total. The molecule has 0 aliphatic heterocycles. The van der Waals surface area contributed by atoms with Gasteiger partial charge in [-0.1, -0.05) is 37.3 Å². The molecule has 1 aromatic heterocycles. The van der Waals surface area contributed by atoms with E-state index in [4.69, 9.17) is 23.5 Å². The number of nitriles is 2. The minimum atomic E-state index is -3.92. The molecule has 0 fully saturated rings. The van der Waals surface area contributed by atoms with Crippen molar-refractivity contribution in [1.29, 1.82) is 10.5 Å². The van der Waals surface area contributed by atoms with Crippen molar-refractivity contribution in [3.8, 4) is 12.1 Å². The van der Waals surface area contributed by atoms with Crippen LogP contribution in [-0.2, 0) is 35.6 Å². The molecule has 0 aliphatic carbocycles. The van der Waals surface area contributed by atoms with Gasteiger partial charge < -0.3 is 28.7 Å². The lowest BCUT2D eigenvalue weighted by molar-refractivity contribution is -0.00312. The zero-order chi connectivity index (χ0) is 36.9. The van der Waals surface area contributed by atoms with Gasteiger partial charge in [0.15, 0.2) is 5.00 Å². The zero-order valence-corrected chi connectivity index (χ0v) is 31.3. The highest BCUT2D eigenvalue weighted by molar-refractivity contribution is 7.85. The number of anilines is 1. The van der Waals surface area contributed by atoms with Crippen molar-refractivity contribution >= 4 is 37.8 Å². The van der Waals surface area contributed by atoms with Crippen molar-refractivity contribution in [3.05, 3.63) is 75.7 Å². The molecule has 3 rings (SSSR count). The number of hydrogen-bond acceptors (Lipinski definition) is 13. The van der Waals surface area contributed by atoms with E-state index in [0.717, 1.165) is 17.8 Å². The largest absolute Gasteiger partial charge is 0.378 e. The standard InChI is InChI=1S/C36H48N6O7S2/c1-4-41(13-8-24-51(43,44)45)14-16-46-18-20-48-22-23-49-21-19-47-17-15-42(28-31-9-6-5-7-10-31)32-11-12-34(29(2)25-32)39-40-36-33(26-37)30(3)35(27-38)50-36/h5-7,9-12,25H,4,8,13-24,28H2,1-3H3,(H,43,44,45). The lowest BCUT2D eigenvalue weighted by Crippen LogP contribution is -2.30. The number of nitrogens with zero attached hydrogens (tertiary/aromatic N) is 6. The molecule has 3 aromatic rings. The minimum absolute atomic E-state index is 0.234. The van der Waals surface area contributed by atoms with Gasteiger partial charge >= 0.3 is 0 Å². The molecule has 0 bridgehead atoms. The van der Waals surface area contributed by atoms with Gasteiger partial charge in [-0.05, 0) is 68.2 Å². The van der Waals surface area contributed by atoms with E-state index < -0.39 is 10.1 Å². The molecule has 276 valence electrons. The van der Waals surface area contributed by atoms with Crippen LogP contribution in [0.15, 0.2) is 58.8 Å². The van der Waals surface area contributed by atoms with Crippen molar-refractivity contribution in [2.45, 2.75) is 33.7 Å². The van der Waals surface area contributed by atoms with Gasteiger partial charge in [0.1, 0.15) is 17.0 Å².